The summed E-state index contributed by atoms with van der Waals surface area (Å²) in [6.45, 7) is 2.21. The average molecular weight is 239 g/mol. The van der Waals surface area contributed by atoms with Gasteiger partial charge in [0.05, 0.1) is 6.07 Å². The second kappa shape index (κ2) is 5.58. The molecule has 0 bridgehead atoms. The normalized spacial score (nSPS) is 23.7. The predicted octanol–water partition coefficient (Wildman–Crippen LogP) is 1.04. The van der Waals surface area contributed by atoms with Gasteiger partial charge in [-0.3, -0.25) is 4.90 Å². The van der Waals surface area contributed by atoms with Crippen molar-refractivity contribution >= 4 is 11.8 Å². The molecule has 15 heavy (non-hydrogen) atoms. The van der Waals surface area contributed by atoms with Crippen LogP contribution in [-0.2, 0) is 0 Å². The molecule has 0 amide bonds. The van der Waals surface area contributed by atoms with E-state index in [1.54, 1.807) is 4.90 Å². The van der Waals surface area contributed by atoms with Crippen molar-refractivity contribution in [3.8, 4) is 6.07 Å². The average Bonchev–Trinajstić information content (AvgIpc) is 2.16. The summed E-state index contributed by atoms with van der Waals surface area (Å²) in [7, 11) is 0. The molecule has 86 valence electrons. The zero-order chi connectivity index (χ0) is 11.3. The Morgan fingerprint density at radius 3 is 2.87 bits per heavy atom. The van der Waals surface area contributed by atoms with E-state index < -0.39 is 5.51 Å². The van der Waals surface area contributed by atoms with E-state index in [1.165, 1.54) is 0 Å². The molecule has 1 heterocycles. The van der Waals surface area contributed by atoms with E-state index in [1.807, 2.05) is 0 Å². The second-order valence-corrected chi connectivity index (χ2v) is 4.34. The Labute approximate surface area is 90.6 Å². The highest BCUT2D eigenvalue weighted by molar-refractivity contribution is 8.00. The standard InChI is InChI=1S/C8H12F3N3S/c9-8(10,11)15-4-3-14-2-1-13-6-7(14)5-12/h7,13H,1-4,6H2. The lowest BCUT2D eigenvalue weighted by Gasteiger charge is -2.31. The van der Waals surface area contributed by atoms with Crippen LogP contribution in [0.1, 0.15) is 0 Å². The summed E-state index contributed by atoms with van der Waals surface area (Å²) in [4.78, 5) is 1.79. The number of hydrogen-bond acceptors (Lipinski definition) is 4. The molecule has 0 aromatic heterocycles. The van der Waals surface area contributed by atoms with Gasteiger partial charge in [-0.25, -0.2) is 0 Å². The van der Waals surface area contributed by atoms with Crippen molar-refractivity contribution in [2.75, 3.05) is 31.9 Å². The van der Waals surface area contributed by atoms with Crippen LogP contribution in [0.3, 0.4) is 0 Å². The highest BCUT2D eigenvalue weighted by Gasteiger charge is 2.29. The molecule has 0 radical (unpaired) electrons. The van der Waals surface area contributed by atoms with Crippen molar-refractivity contribution in [1.82, 2.24) is 10.2 Å². The van der Waals surface area contributed by atoms with Crippen molar-refractivity contribution < 1.29 is 13.2 Å². The van der Waals surface area contributed by atoms with Crippen LogP contribution in [0.25, 0.3) is 0 Å². The smallest absolute Gasteiger partial charge is 0.313 e. The first-order valence-electron chi connectivity index (χ1n) is 4.58. The third-order valence-corrected chi connectivity index (χ3v) is 2.86. The van der Waals surface area contributed by atoms with Gasteiger partial charge in [0.2, 0.25) is 0 Å². The molecule has 0 aliphatic carbocycles. The zero-order valence-corrected chi connectivity index (χ0v) is 8.87. The molecular formula is C8H12F3N3S. The monoisotopic (exact) mass is 239 g/mol. The maximum atomic E-state index is 11.9. The van der Waals surface area contributed by atoms with Crippen LogP contribution in [0.4, 0.5) is 13.2 Å². The lowest BCUT2D eigenvalue weighted by molar-refractivity contribution is -0.0329. The largest absolute Gasteiger partial charge is 0.441 e. The molecule has 0 aromatic carbocycles. The van der Waals surface area contributed by atoms with Crippen molar-refractivity contribution in [2.24, 2.45) is 0 Å². The highest BCUT2D eigenvalue weighted by Crippen LogP contribution is 2.29. The molecule has 1 atom stereocenters. The molecule has 1 saturated heterocycles. The molecule has 1 aliphatic heterocycles. The van der Waals surface area contributed by atoms with Gasteiger partial charge in [0, 0.05) is 31.9 Å². The molecular weight excluding hydrogens is 227 g/mol. The van der Waals surface area contributed by atoms with Crippen LogP contribution in [0, 0.1) is 11.3 Å². The van der Waals surface area contributed by atoms with Crippen molar-refractivity contribution in [3.05, 3.63) is 0 Å². The number of thioether (sulfide) groups is 1. The molecule has 3 nitrogen and oxygen atoms in total. The maximum Gasteiger partial charge on any atom is 0.441 e. The maximum absolute atomic E-state index is 11.9. The molecule has 0 spiro atoms. The minimum atomic E-state index is -4.17. The summed E-state index contributed by atoms with van der Waals surface area (Å²) in [5, 5.41) is 11.8. The fourth-order valence-corrected chi connectivity index (χ4v) is 1.98. The summed E-state index contributed by atoms with van der Waals surface area (Å²) < 4.78 is 35.6. The molecule has 1 rings (SSSR count). The lowest BCUT2D eigenvalue weighted by Crippen LogP contribution is -2.51. The van der Waals surface area contributed by atoms with E-state index in [9.17, 15) is 13.2 Å². The number of halogens is 3. The van der Waals surface area contributed by atoms with Gasteiger partial charge in [-0.2, -0.15) is 18.4 Å². The Balaban J connectivity index is 2.27. The molecule has 1 N–H and O–H groups in total. The van der Waals surface area contributed by atoms with E-state index in [0.717, 1.165) is 6.54 Å². The highest BCUT2D eigenvalue weighted by atomic mass is 32.2. The van der Waals surface area contributed by atoms with Crippen LogP contribution < -0.4 is 5.32 Å². The van der Waals surface area contributed by atoms with Gasteiger partial charge >= 0.3 is 5.51 Å². The van der Waals surface area contributed by atoms with E-state index in [-0.39, 0.29) is 23.6 Å². The summed E-state index contributed by atoms with van der Waals surface area (Å²) in [5.41, 5.74) is -4.17. The van der Waals surface area contributed by atoms with Crippen molar-refractivity contribution in [3.63, 3.8) is 0 Å². The van der Waals surface area contributed by atoms with Gasteiger partial charge in [-0.15, -0.1) is 0 Å². The van der Waals surface area contributed by atoms with Crippen LogP contribution >= 0.6 is 11.8 Å². The Kier molecular flexibility index (Phi) is 4.70. The Bertz CT molecular complexity index is 238. The fourth-order valence-electron chi connectivity index (χ4n) is 1.42. The summed E-state index contributed by atoms with van der Waals surface area (Å²) in [6, 6.07) is 1.78. The van der Waals surface area contributed by atoms with Crippen LogP contribution in [0.2, 0.25) is 0 Å². The van der Waals surface area contributed by atoms with Crippen LogP contribution in [-0.4, -0.2) is 48.4 Å². The molecule has 1 aliphatic rings. The number of nitriles is 1. The lowest BCUT2D eigenvalue weighted by atomic mass is 10.2. The van der Waals surface area contributed by atoms with Gasteiger partial charge in [0.25, 0.3) is 0 Å². The van der Waals surface area contributed by atoms with Gasteiger partial charge in [-0.05, 0) is 11.8 Å². The number of nitrogens with zero attached hydrogens (tertiary/aromatic N) is 2. The Morgan fingerprint density at radius 1 is 1.53 bits per heavy atom. The van der Waals surface area contributed by atoms with Gasteiger partial charge in [0.1, 0.15) is 6.04 Å². The summed E-state index contributed by atoms with van der Waals surface area (Å²) >= 11 is -0.0317. The van der Waals surface area contributed by atoms with Gasteiger partial charge in [-0.1, -0.05) is 0 Å². The van der Waals surface area contributed by atoms with E-state index in [0.29, 0.717) is 19.6 Å². The summed E-state index contributed by atoms with van der Waals surface area (Å²) in [6.07, 6.45) is 0. The first kappa shape index (κ1) is 12.6. The molecule has 1 fully saturated rings. The van der Waals surface area contributed by atoms with Crippen LogP contribution in [0.15, 0.2) is 0 Å². The van der Waals surface area contributed by atoms with E-state index in [2.05, 4.69) is 11.4 Å². The minimum absolute atomic E-state index is 0.0122. The van der Waals surface area contributed by atoms with E-state index in [4.69, 9.17) is 5.26 Å². The number of piperazine rings is 1. The molecule has 0 saturated carbocycles. The second-order valence-electron chi connectivity index (χ2n) is 3.18. The predicted molar refractivity (Wildman–Crippen MR) is 52.4 cm³/mol. The third kappa shape index (κ3) is 4.73. The van der Waals surface area contributed by atoms with Crippen LogP contribution in [0.5, 0.6) is 0 Å². The zero-order valence-electron chi connectivity index (χ0n) is 8.05. The molecule has 7 heteroatoms. The number of nitrogens with one attached hydrogen (secondary N) is 1. The first-order chi connectivity index (χ1) is 7.03. The topological polar surface area (TPSA) is 39.1 Å². The summed E-state index contributed by atoms with van der Waals surface area (Å²) in [5.74, 6) is -0.0122. The fraction of sp³-hybridized carbons (Fsp3) is 0.875. The van der Waals surface area contributed by atoms with Crippen molar-refractivity contribution in [1.29, 1.82) is 5.26 Å². The molecule has 1 unspecified atom stereocenters. The van der Waals surface area contributed by atoms with Gasteiger partial charge < -0.3 is 5.32 Å². The molecule has 0 aromatic rings. The Hall–Kier alpha value is -0.450. The number of hydrogen-bond donors (Lipinski definition) is 1. The number of rotatable bonds is 3. The third-order valence-electron chi connectivity index (χ3n) is 2.15. The minimum Gasteiger partial charge on any atom is -0.313 e. The van der Waals surface area contributed by atoms with E-state index >= 15 is 0 Å². The quantitative estimate of drug-likeness (QED) is 0.798. The SMILES string of the molecule is N#CC1CNCCN1CCSC(F)(F)F. The number of alkyl halides is 3. The Morgan fingerprint density at radius 2 is 2.27 bits per heavy atom. The first-order valence-corrected chi connectivity index (χ1v) is 5.56. The van der Waals surface area contributed by atoms with Crippen molar-refractivity contribution in [2.45, 2.75) is 11.6 Å². The van der Waals surface area contributed by atoms with Gasteiger partial charge in [0.15, 0.2) is 0 Å².